The topological polar surface area (TPSA) is 99.2 Å². The van der Waals surface area contributed by atoms with Crippen LogP contribution in [0.25, 0.3) is 11.1 Å². The fourth-order valence-electron chi connectivity index (χ4n) is 4.18. The first-order valence-electron chi connectivity index (χ1n) is 11.5. The van der Waals surface area contributed by atoms with Gasteiger partial charge in [0.05, 0.1) is 0 Å². The molecule has 0 saturated carbocycles. The van der Waals surface area contributed by atoms with Gasteiger partial charge in [-0.2, -0.15) is 0 Å². The molecule has 0 heterocycles. The molecule has 1 atom stereocenters. The Morgan fingerprint density at radius 3 is 2.15 bits per heavy atom. The lowest BCUT2D eigenvalue weighted by Gasteiger charge is -2.24. The quantitative estimate of drug-likeness (QED) is 0.527. The number of carboxylic acid groups (broad SMARTS) is 1. The molecule has 2 aromatic rings. The van der Waals surface area contributed by atoms with Crippen LogP contribution in [0.15, 0.2) is 48.5 Å². The van der Waals surface area contributed by atoms with E-state index in [1.165, 1.54) is 16.0 Å². The zero-order valence-corrected chi connectivity index (χ0v) is 20.0. The van der Waals surface area contributed by atoms with Crippen LogP contribution in [0.2, 0.25) is 0 Å². The van der Waals surface area contributed by atoms with Crippen LogP contribution in [-0.2, 0) is 14.3 Å². The van der Waals surface area contributed by atoms with Crippen LogP contribution >= 0.6 is 0 Å². The number of rotatable bonds is 11. The molecule has 1 aliphatic carbocycles. The number of carboxylic acids is 1. The molecule has 8 heteroatoms. The summed E-state index contributed by atoms with van der Waals surface area (Å²) >= 11 is 0. The van der Waals surface area contributed by atoms with Gasteiger partial charge >= 0.3 is 12.1 Å². The number of fused-ring (bicyclic) bond motifs is 3. The molecular formula is C26H33N3O5. The minimum Gasteiger partial charge on any atom is -0.480 e. The third-order valence-electron chi connectivity index (χ3n) is 5.96. The van der Waals surface area contributed by atoms with Crippen molar-refractivity contribution in [2.45, 2.75) is 19.3 Å². The minimum absolute atomic E-state index is 0.0153. The molecule has 1 unspecified atom stereocenters. The van der Waals surface area contributed by atoms with Crippen LogP contribution < -0.4 is 5.32 Å². The van der Waals surface area contributed by atoms with Gasteiger partial charge in [0.15, 0.2) is 0 Å². The molecule has 0 aliphatic heterocycles. The number of alkyl carbamates (subject to hydrolysis) is 1. The molecule has 182 valence electrons. The molecule has 0 fully saturated rings. The first-order valence-corrected chi connectivity index (χ1v) is 11.5. The van der Waals surface area contributed by atoms with Gasteiger partial charge in [-0.3, -0.25) is 9.59 Å². The monoisotopic (exact) mass is 467 g/mol. The molecule has 2 aromatic carbocycles. The summed E-state index contributed by atoms with van der Waals surface area (Å²) in [5, 5.41) is 11.8. The predicted molar refractivity (Wildman–Crippen MR) is 130 cm³/mol. The number of ether oxygens (including phenoxy) is 1. The summed E-state index contributed by atoms with van der Waals surface area (Å²) in [4.78, 5) is 39.3. The van der Waals surface area contributed by atoms with Crippen LogP contribution in [0, 0.1) is 5.92 Å². The Bertz CT molecular complexity index is 978. The maximum Gasteiger partial charge on any atom is 0.407 e. The van der Waals surface area contributed by atoms with Gasteiger partial charge in [0.1, 0.15) is 13.2 Å². The molecule has 8 nitrogen and oxygen atoms in total. The number of carbonyl (C=O) groups is 3. The molecule has 0 saturated heterocycles. The Balaban J connectivity index is 1.48. The highest BCUT2D eigenvalue weighted by Crippen LogP contribution is 2.44. The second-order valence-corrected chi connectivity index (χ2v) is 9.03. The van der Waals surface area contributed by atoms with Crippen molar-refractivity contribution in [3.05, 3.63) is 59.7 Å². The van der Waals surface area contributed by atoms with Crippen LogP contribution in [-0.4, -0.2) is 79.8 Å². The average molecular weight is 468 g/mol. The van der Waals surface area contributed by atoms with E-state index >= 15 is 0 Å². The Kier molecular flexibility index (Phi) is 8.65. The third kappa shape index (κ3) is 6.57. The Hall–Kier alpha value is -3.39. The molecule has 34 heavy (non-hydrogen) atoms. The number of likely N-dealkylation sites (N-methyl/N-ethyl adjacent to an activating group) is 1. The Morgan fingerprint density at radius 2 is 1.59 bits per heavy atom. The zero-order chi connectivity index (χ0) is 24.7. The standard InChI is InChI=1S/C26H33N3O5/c1-18(14-24(30)29(16-25(31)32)13-12-28(2)3)15-27-26(33)34-17-23-21-10-6-4-8-19(21)20-9-5-7-11-22(20)23/h4-11,18,23H,12-17H2,1-3H3,(H,27,33)(H,31,32). The van der Waals surface area contributed by atoms with Crippen molar-refractivity contribution < 1.29 is 24.2 Å². The SMILES string of the molecule is CC(CNC(=O)OCC1c2ccccc2-c2ccccc21)CC(=O)N(CCN(C)C)CC(=O)O. The number of hydrogen-bond acceptors (Lipinski definition) is 5. The number of hydrogen-bond donors (Lipinski definition) is 2. The van der Waals surface area contributed by atoms with Gasteiger partial charge in [0, 0.05) is 32.0 Å². The highest BCUT2D eigenvalue weighted by molar-refractivity contribution is 5.81. The number of benzene rings is 2. The fraction of sp³-hybridized carbons (Fsp3) is 0.423. The molecule has 0 radical (unpaired) electrons. The van der Waals surface area contributed by atoms with E-state index in [0.717, 1.165) is 11.1 Å². The van der Waals surface area contributed by atoms with Crippen molar-refractivity contribution in [1.29, 1.82) is 0 Å². The minimum atomic E-state index is -1.04. The van der Waals surface area contributed by atoms with Gasteiger partial charge < -0.3 is 25.0 Å². The summed E-state index contributed by atoms with van der Waals surface area (Å²) in [6, 6.07) is 16.3. The molecular weight excluding hydrogens is 434 g/mol. The lowest BCUT2D eigenvalue weighted by molar-refractivity contribution is -0.144. The molecule has 0 aromatic heterocycles. The lowest BCUT2D eigenvalue weighted by atomic mass is 9.98. The molecule has 2 N–H and O–H groups in total. The number of amides is 2. The zero-order valence-electron chi connectivity index (χ0n) is 20.0. The van der Waals surface area contributed by atoms with Crippen molar-refractivity contribution in [2.24, 2.45) is 5.92 Å². The summed E-state index contributed by atoms with van der Waals surface area (Å²) in [5.41, 5.74) is 4.62. The van der Waals surface area contributed by atoms with Crippen LogP contribution in [0.5, 0.6) is 0 Å². The Morgan fingerprint density at radius 1 is 1.00 bits per heavy atom. The number of aliphatic carboxylic acids is 1. The van der Waals surface area contributed by atoms with Gasteiger partial charge in [0.25, 0.3) is 0 Å². The summed E-state index contributed by atoms with van der Waals surface area (Å²) in [5.74, 6) is -1.47. The van der Waals surface area contributed by atoms with Crippen molar-refractivity contribution in [2.75, 3.05) is 46.9 Å². The largest absolute Gasteiger partial charge is 0.480 e. The lowest BCUT2D eigenvalue weighted by Crippen LogP contribution is -2.41. The number of nitrogens with zero attached hydrogens (tertiary/aromatic N) is 2. The van der Waals surface area contributed by atoms with E-state index in [-0.39, 0.29) is 43.9 Å². The first-order chi connectivity index (χ1) is 16.3. The third-order valence-corrected chi connectivity index (χ3v) is 5.96. The average Bonchev–Trinajstić information content (AvgIpc) is 3.12. The Labute approximate surface area is 200 Å². The highest BCUT2D eigenvalue weighted by Gasteiger charge is 2.29. The van der Waals surface area contributed by atoms with Crippen molar-refractivity contribution >= 4 is 18.0 Å². The van der Waals surface area contributed by atoms with Gasteiger partial charge in [-0.05, 0) is 42.3 Å². The molecule has 0 spiro atoms. The number of carbonyl (C=O) groups excluding carboxylic acids is 2. The van der Waals surface area contributed by atoms with Gasteiger partial charge in [-0.1, -0.05) is 55.5 Å². The fourth-order valence-corrected chi connectivity index (χ4v) is 4.18. The van der Waals surface area contributed by atoms with E-state index in [4.69, 9.17) is 9.84 Å². The van der Waals surface area contributed by atoms with Gasteiger partial charge in [-0.15, -0.1) is 0 Å². The molecule has 3 rings (SSSR count). The van der Waals surface area contributed by atoms with Crippen molar-refractivity contribution in [3.63, 3.8) is 0 Å². The van der Waals surface area contributed by atoms with E-state index < -0.39 is 12.1 Å². The maximum absolute atomic E-state index is 12.6. The van der Waals surface area contributed by atoms with Crippen LogP contribution in [0.4, 0.5) is 4.79 Å². The normalized spacial score (nSPS) is 13.2. The van der Waals surface area contributed by atoms with Gasteiger partial charge in [-0.25, -0.2) is 4.79 Å². The second-order valence-electron chi connectivity index (χ2n) is 9.03. The second kappa shape index (κ2) is 11.7. The predicted octanol–water partition coefficient (Wildman–Crippen LogP) is 3.03. The van der Waals surface area contributed by atoms with Crippen LogP contribution in [0.1, 0.15) is 30.4 Å². The van der Waals surface area contributed by atoms with Crippen molar-refractivity contribution in [1.82, 2.24) is 15.1 Å². The first kappa shape index (κ1) is 25.2. The summed E-state index contributed by atoms with van der Waals surface area (Å²) in [6.07, 6.45) is -0.388. The number of nitrogens with one attached hydrogen (secondary N) is 1. The smallest absolute Gasteiger partial charge is 0.407 e. The summed E-state index contributed by atoms with van der Waals surface area (Å²) in [6.45, 7) is 2.91. The van der Waals surface area contributed by atoms with E-state index in [2.05, 4.69) is 29.6 Å². The van der Waals surface area contributed by atoms with E-state index in [1.807, 2.05) is 50.2 Å². The van der Waals surface area contributed by atoms with Crippen molar-refractivity contribution in [3.8, 4) is 11.1 Å². The van der Waals surface area contributed by atoms with E-state index in [1.54, 1.807) is 0 Å². The molecule has 0 bridgehead atoms. The van der Waals surface area contributed by atoms with E-state index in [9.17, 15) is 14.4 Å². The maximum atomic E-state index is 12.6. The van der Waals surface area contributed by atoms with Gasteiger partial charge in [0.2, 0.25) is 5.91 Å². The molecule has 1 aliphatic rings. The molecule has 2 amide bonds. The summed E-state index contributed by atoms with van der Waals surface area (Å²) < 4.78 is 5.53. The summed E-state index contributed by atoms with van der Waals surface area (Å²) in [7, 11) is 3.73. The highest BCUT2D eigenvalue weighted by atomic mass is 16.5. The van der Waals surface area contributed by atoms with Crippen LogP contribution in [0.3, 0.4) is 0 Å². The van der Waals surface area contributed by atoms with E-state index in [0.29, 0.717) is 13.1 Å².